The Morgan fingerprint density at radius 1 is 1.21 bits per heavy atom. The molecule has 0 aromatic heterocycles. The van der Waals surface area contributed by atoms with Gasteiger partial charge in [0.25, 0.3) is 0 Å². The van der Waals surface area contributed by atoms with Crippen LogP contribution in [0.5, 0.6) is 0 Å². The second kappa shape index (κ2) is 3.89. The minimum absolute atomic E-state index is 0.271. The molecule has 0 unspecified atom stereocenters. The molecule has 0 aromatic rings. The quantitative estimate of drug-likeness (QED) is 0.670. The molecule has 2 heterocycles. The summed E-state index contributed by atoms with van der Waals surface area (Å²) in [5, 5.41) is 3.16. The number of hydrogen-bond acceptors (Lipinski definition) is 2. The van der Waals surface area contributed by atoms with Crippen LogP contribution in [-0.2, 0) is 4.79 Å². The lowest BCUT2D eigenvalue weighted by Crippen LogP contribution is -2.54. The molecule has 14 heavy (non-hydrogen) atoms. The molecule has 1 amide bonds. The maximum atomic E-state index is 12.0. The van der Waals surface area contributed by atoms with Gasteiger partial charge >= 0.3 is 0 Å². The van der Waals surface area contributed by atoms with Gasteiger partial charge in [-0.1, -0.05) is 13.8 Å². The highest BCUT2D eigenvalue weighted by atomic mass is 16.2. The number of piperidine rings is 1. The largest absolute Gasteiger partial charge is 0.342 e. The average Bonchev–Trinajstić information content (AvgIpc) is 1.98. The van der Waals surface area contributed by atoms with Crippen molar-refractivity contribution < 1.29 is 4.79 Å². The van der Waals surface area contributed by atoms with E-state index >= 15 is 0 Å². The lowest BCUT2D eigenvalue weighted by Gasteiger charge is -2.39. The molecule has 0 spiro atoms. The first-order valence-electron chi connectivity index (χ1n) is 5.66. The smallest absolute Gasteiger partial charge is 0.228 e. The first-order valence-corrected chi connectivity index (χ1v) is 5.66. The molecule has 2 rings (SSSR count). The van der Waals surface area contributed by atoms with Crippen LogP contribution in [-0.4, -0.2) is 37.0 Å². The normalized spacial score (nSPS) is 34.0. The van der Waals surface area contributed by atoms with Crippen molar-refractivity contribution in [2.45, 2.75) is 20.3 Å². The van der Waals surface area contributed by atoms with Gasteiger partial charge in [-0.15, -0.1) is 0 Å². The summed E-state index contributed by atoms with van der Waals surface area (Å²) in [6, 6.07) is 0. The zero-order valence-corrected chi connectivity index (χ0v) is 9.12. The van der Waals surface area contributed by atoms with Crippen molar-refractivity contribution in [3.8, 4) is 0 Å². The van der Waals surface area contributed by atoms with E-state index in [1.54, 1.807) is 0 Å². The van der Waals surface area contributed by atoms with Crippen LogP contribution in [0, 0.1) is 17.8 Å². The molecule has 2 saturated heterocycles. The van der Waals surface area contributed by atoms with Crippen molar-refractivity contribution in [1.82, 2.24) is 10.2 Å². The number of nitrogens with one attached hydrogen (secondary N) is 1. The Balaban J connectivity index is 1.92. The molecule has 0 aromatic carbocycles. The van der Waals surface area contributed by atoms with Gasteiger partial charge in [0.1, 0.15) is 0 Å². The van der Waals surface area contributed by atoms with Gasteiger partial charge in [-0.3, -0.25) is 4.79 Å². The number of likely N-dealkylation sites (tertiary alicyclic amines) is 1. The number of rotatable bonds is 1. The van der Waals surface area contributed by atoms with E-state index in [1.807, 2.05) is 0 Å². The van der Waals surface area contributed by atoms with E-state index in [-0.39, 0.29) is 5.92 Å². The third-order valence-corrected chi connectivity index (χ3v) is 3.31. The molecule has 0 radical (unpaired) electrons. The summed E-state index contributed by atoms with van der Waals surface area (Å²) in [5.41, 5.74) is 0. The fourth-order valence-corrected chi connectivity index (χ4v) is 2.56. The lowest BCUT2D eigenvalue weighted by atomic mass is 9.90. The minimum Gasteiger partial charge on any atom is -0.342 e. The van der Waals surface area contributed by atoms with E-state index < -0.39 is 0 Å². The van der Waals surface area contributed by atoms with Crippen LogP contribution in [0.3, 0.4) is 0 Å². The van der Waals surface area contributed by atoms with Crippen molar-refractivity contribution in [1.29, 1.82) is 0 Å². The Morgan fingerprint density at radius 2 is 1.79 bits per heavy atom. The van der Waals surface area contributed by atoms with Crippen LogP contribution < -0.4 is 5.32 Å². The summed E-state index contributed by atoms with van der Waals surface area (Å²) < 4.78 is 0. The molecular formula is C11H20N2O. The number of hydrogen-bond donors (Lipinski definition) is 1. The number of nitrogens with zero attached hydrogens (tertiary/aromatic N) is 1. The van der Waals surface area contributed by atoms with Crippen LogP contribution in [0.1, 0.15) is 20.3 Å². The van der Waals surface area contributed by atoms with Gasteiger partial charge in [-0.05, 0) is 18.3 Å². The Hall–Kier alpha value is -0.570. The number of amides is 1. The van der Waals surface area contributed by atoms with Gasteiger partial charge in [0.2, 0.25) is 5.91 Å². The first-order chi connectivity index (χ1) is 6.66. The molecule has 3 nitrogen and oxygen atoms in total. The molecular weight excluding hydrogens is 176 g/mol. The van der Waals surface area contributed by atoms with Gasteiger partial charge < -0.3 is 10.2 Å². The minimum atomic E-state index is 0.271. The highest BCUT2D eigenvalue weighted by Crippen LogP contribution is 2.22. The van der Waals surface area contributed by atoms with E-state index in [4.69, 9.17) is 0 Å². The molecule has 80 valence electrons. The van der Waals surface area contributed by atoms with Crippen LogP contribution in [0.2, 0.25) is 0 Å². The highest BCUT2D eigenvalue weighted by molar-refractivity contribution is 5.80. The zero-order chi connectivity index (χ0) is 10.1. The zero-order valence-electron chi connectivity index (χ0n) is 9.12. The second-order valence-corrected chi connectivity index (χ2v) is 5.04. The van der Waals surface area contributed by atoms with Crippen molar-refractivity contribution in [2.75, 3.05) is 26.2 Å². The van der Waals surface area contributed by atoms with E-state index in [2.05, 4.69) is 24.1 Å². The fraction of sp³-hybridized carbons (Fsp3) is 0.909. The lowest BCUT2D eigenvalue weighted by molar-refractivity contribution is -0.139. The summed E-state index contributed by atoms with van der Waals surface area (Å²) >= 11 is 0. The molecule has 2 fully saturated rings. The molecule has 1 N–H and O–H groups in total. The van der Waals surface area contributed by atoms with E-state index in [0.717, 1.165) is 26.2 Å². The predicted octanol–water partition coefficient (Wildman–Crippen LogP) is 0.710. The van der Waals surface area contributed by atoms with Crippen LogP contribution in [0.25, 0.3) is 0 Å². The third kappa shape index (κ3) is 1.92. The van der Waals surface area contributed by atoms with Gasteiger partial charge in [-0.25, -0.2) is 0 Å². The molecule has 2 aliphatic heterocycles. The predicted molar refractivity (Wildman–Crippen MR) is 55.9 cm³/mol. The SMILES string of the molecule is C[C@@H]1C[C@H](C)CN(C(=O)C2CNC2)C1. The molecule has 2 aliphatic rings. The van der Waals surface area contributed by atoms with Crippen molar-refractivity contribution in [2.24, 2.45) is 17.8 Å². The van der Waals surface area contributed by atoms with E-state index in [1.165, 1.54) is 6.42 Å². The molecule has 0 bridgehead atoms. The highest BCUT2D eigenvalue weighted by Gasteiger charge is 2.32. The van der Waals surface area contributed by atoms with Gasteiger partial charge in [0, 0.05) is 26.2 Å². The maximum absolute atomic E-state index is 12.0. The number of carbonyl (C=O) groups is 1. The van der Waals surface area contributed by atoms with Gasteiger partial charge in [-0.2, -0.15) is 0 Å². The topological polar surface area (TPSA) is 32.3 Å². The van der Waals surface area contributed by atoms with E-state index in [9.17, 15) is 4.79 Å². The van der Waals surface area contributed by atoms with E-state index in [0.29, 0.717) is 17.7 Å². The van der Waals surface area contributed by atoms with Crippen LogP contribution in [0.4, 0.5) is 0 Å². The molecule has 0 aliphatic carbocycles. The Labute approximate surface area is 85.8 Å². The van der Waals surface area contributed by atoms with Crippen LogP contribution >= 0.6 is 0 Å². The summed E-state index contributed by atoms with van der Waals surface area (Å²) in [4.78, 5) is 14.0. The standard InChI is InChI=1S/C11H20N2O/c1-8-3-9(2)7-13(6-8)11(14)10-4-12-5-10/h8-10,12H,3-7H2,1-2H3/t8-,9+. The second-order valence-electron chi connectivity index (χ2n) is 5.04. The Kier molecular flexibility index (Phi) is 2.77. The van der Waals surface area contributed by atoms with Gasteiger partial charge in [0.05, 0.1) is 5.92 Å². The summed E-state index contributed by atoms with van der Waals surface area (Å²) in [6.45, 7) is 8.21. The Bertz CT molecular complexity index is 215. The van der Waals surface area contributed by atoms with Crippen molar-refractivity contribution in [3.05, 3.63) is 0 Å². The monoisotopic (exact) mass is 196 g/mol. The van der Waals surface area contributed by atoms with Crippen LogP contribution in [0.15, 0.2) is 0 Å². The first kappa shape index (κ1) is 9.97. The summed E-state index contributed by atoms with van der Waals surface area (Å²) in [5.74, 6) is 2.00. The Morgan fingerprint density at radius 3 is 2.21 bits per heavy atom. The van der Waals surface area contributed by atoms with Crippen molar-refractivity contribution >= 4 is 5.91 Å². The number of carbonyl (C=O) groups excluding carboxylic acids is 1. The van der Waals surface area contributed by atoms with Gasteiger partial charge in [0.15, 0.2) is 0 Å². The summed E-state index contributed by atoms with van der Waals surface area (Å²) in [7, 11) is 0. The fourth-order valence-electron chi connectivity index (χ4n) is 2.56. The summed E-state index contributed by atoms with van der Waals surface area (Å²) in [6.07, 6.45) is 1.27. The third-order valence-electron chi connectivity index (χ3n) is 3.31. The average molecular weight is 196 g/mol. The van der Waals surface area contributed by atoms with Crippen molar-refractivity contribution in [3.63, 3.8) is 0 Å². The molecule has 3 heteroatoms. The molecule has 2 atom stereocenters. The maximum Gasteiger partial charge on any atom is 0.228 e. The molecule has 0 saturated carbocycles.